The SMILES string of the molecule is CCCNC1CCC(C(C)(C)C)CC1CCCC(C)C. The molecule has 1 saturated carbocycles. The van der Waals surface area contributed by atoms with Crippen LogP contribution in [0.2, 0.25) is 0 Å². The maximum Gasteiger partial charge on any atom is 0.00955 e. The first-order valence-electron chi connectivity index (χ1n) is 9.08. The maximum absolute atomic E-state index is 3.83. The van der Waals surface area contributed by atoms with Crippen LogP contribution in [0.3, 0.4) is 0 Å². The molecule has 3 atom stereocenters. The van der Waals surface area contributed by atoms with E-state index in [2.05, 4.69) is 46.9 Å². The van der Waals surface area contributed by atoms with Gasteiger partial charge >= 0.3 is 0 Å². The second-order valence-corrected chi connectivity index (χ2v) is 8.52. The first-order valence-corrected chi connectivity index (χ1v) is 9.08. The van der Waals surface area contributed by atoms with E-state index in [0.29, 0.717) is 5.41 Å². The lowest BCUT2D eigenvalue weighted by Gasteiger charge is -2.42. The molecule has 1 fully saturated rings. The number of nitrogens with one attached hydrogen (secondary N) is 1. The third kappa shape index (κ3) is 6.16. The minimum atomic E-state index is 0.492. The van der Waals surface area contributed by atoms with E-state index in [1.165, 1.54) is 51.5 Å². The Labute approximate surface area is 128 Å². The van der Waals surface area contributed by atoms with Crippen molar-refractivity contribution < 1.29 is 0 Å². The van der Waals surface area contributed by atoms with E-state index >= 15 is 0 Å². The highest BCUT2D eigenvalue weighted by Gasteiger charge is 2.35. The molecule has 1 rings (SSSR count). The summed E-state index contributed by atoms with van der Waals surface area (Å²) in [6, 6.07) is 0.792. The molecule has 0 saturated heterocycles. The summed E-state index contributed by atoms with van der Waals surface area (Å²) in [7, 11) is 0. The molecule has 0 bridgehead atoms. The van der Waals surface area contributed by atoms with Gasteiger partial charge in [0.05, 0.1) is 0 Å². The molecule has 3 unspecified atom stereocenters. The molecule has 1 heteroatoms. The lowest BCUT2D eigenvalue weighted by atomic mass is 9.66. The monoisotopic (exact) mass is 281 g/mol. The Kier molecular flexibility index (Phi) is 7.58. The fourth-order valence-electron chi connectivity index (χ4n) is 3.76. The van der Waals surface area contributed by atoms with Gasteiger partial charge in [-0.1, -0.05) is 54.4 Å². The largest absolute Gasteiger partial charge is 0.314 e. The third-order valence-corrected chi connectivity index (χ3v) is 5.22. The van der Waals surface area contributed by atoms with Gasteiger partial charge in [0.1, 0.15) is 0 Å². The van der Waals surface area contributed by atoms with Crippen LogP contribution in [-0.4, -0.2) is 12.6 Å². The summed E-state index contributed by atoms with van der Waals surface area (Å²) in [6.45, 7) is 15.5. The Balaban J connectivity index is 2.53. The van der Waals surface area contributed by atoms with Gasteiger partial charge in [-0.3, -0.25) is 0 Å². The van der Waals surface area contributed by atoms with Crippen LogP contribution in [0.4, 0.5) is 0 Å². The summed E-state index contributed by atoms with van der Waals surface area (Å²) in [6.07, 6.45) is 9.79. The minimum absolute atomic E-state index is 0.492. The van der Waals surface area contributed by atoms with Gasteiger partial charge in [0.2, 0.25) is 0 Å². The smallest absolute Gasteiger partial charge is 0.00955 e. The molecule has 1 aliphatic rings. The number of hydrogen-bond acceptors (Lipinski definition) is 1. The predicted molar refractivity (Wildman–Crippen MR) is 91.1 cm³/mol. The van der Waals surface area contributed by atoms with Gasteiger partial charge in [-0.2, -0.15) is 0 Å². The summed E-state index contributed by atoms with van der Waals surface area (Å²) in [5.41, 5.74) is 0.492. The van der Waals surface area contributed by atoms with E-state index in [0.717, 1.165) is 23.8 Å². The van der Waals surface area contributed by atoms with Gasteiger partial charge < -0.3 is 5.32 Å². The molecule has 0 aromatic rings. The maximum atomic E-state index is 3.83. The zero-order chi connectivity index (χ0) is 15.2. The van der Waals surface area contributed by atoms with Gasteiger partial charge in [0.15, 0.2) is 0 Å². The summed E-state index contributed by atoms with van der Waals surface area (Å²) >= 11 is 0. The molecule has 1 N–H and O–H groups in total. The Morgan fingerprint density at radius 1 is 1.15 bits per heavy atom. The lowest BCUT2D eigenvalue weighted by molar-refractivity contribution is 0.107. The summed E-state index contributed by atoms with van der Waals surface area (Å²) in [5, 5.41) is 3.83. The van der Waals surface area contributed by atoms with Gasteiger partial charge in [-0.05, 0) is 61.8 Å². The van der Waals surface area contributed by atoms with Gasteiger partial charge in [-0.15, -0.1) is 0 Å². The van der Waals surface area contributed by atoms with E-state index in [-0.39, 0.29) is 0 Å². The van der Waals surface area contributed by atoms with Crippen LogP contribution in [0.5, 0.6) is 0 Å². The zero-order valence-electron chi connectivity index (χ0n) is 15.0. The fourth-order valence-corrected chi connectivity index (χ4v) is 3.76. The van der Waals surface area contributed by atoms with Crippen LogP contribution in [0.1, 0.15) is 86.5 Å². The average Bonchev–Trinajstić information content (AvgIpc) is 2.35. The Hall–Kier alpha value is -0.0400. The van der Waals surface area contributed by atoms with Crippen LogP contribution in [0.25, 0.3) is 0 Å². The molecule has 120 valence electrons. The standard InChI is InChI=1S/C19H39N/c1-7-13-20-18-12-11-17(19(4,5)6)14-16(18)10-8-9-15(2)3/h15-18,20H,7-14H2,1-6H3. The molecular formula is C19H39N. The van der Waals surface area contributed by atoms with Crippen molar-refractivity contribution in [1.29, 1.82) is 0 Å². The third-order valence-electron chi connectivity index (χ3n) is 5.22. The van der Waals surface area contributed by atoms with Gasteiger partial charge in [0, 0.05) is 6.04 Å². The zero-order valence-corrected chi connectivity index (χ0v) is 15.0. The second kappa shape index (κ2) is 8.41. The van der Waals surface area contributed by atoms with Crippen LogP contribution in [-0.2, 0) is 0 Å². The van der Waals surface area contributed by atoms with Crippen molar-refractivity contribution >= 4 is 0 Å². The molecular weight excluding hydrogens is 242 g/mol. The van der Waals surface area contributed by atoms with Crippen molar-refractivity contribution in [2.24, 2.45) is 23.2 Å². The molecule has 1 aliphatic carbocycles. The van der Waals surface area contributed by atoms with Crippen molar-refractivity contribution in [3.05, 3.63) is 0 Å². The first-order chi connectivity index (χ1) is 9.34. The normalized spacial score (nSPS) is 28.1. The molecule has 0 aromatic heterocycles. The molecule has 1 nitrogen and oxygen atoms in total. The Morgan fingerprint density at radius 2 is 1.85 bits per heavy atom. The molecule has 0 heterocycles. The topological polar surface area (TPSA) is 12.0 Å². The summed E-state index contributed by atoms with van der Waals surface area (Å²) in [4.78, 5) is 0. The number of rotatable bonds is 7. The van der Waals surface area contributed by atoms with E-state index in [1.807, 2.05) is 0 Å². The molecule has 0 amide bonds. The highest BCUT2D eigenvalue weighted by atomic mass is 14.9. The molecule has 0 aromatic carbocycles. The Morgan fingerprint density at radius 3 is 2.40 bits per heavy atom. The van der Waals surface area contributed by atoms with Crippen LogP contribution in [0, 0.1) is 23.2 Å². The van der Waals surface area contributed by atoms with Gasteiger partial charge in [0.25, 0.3) is 0 Å². The highest BCUT2D eigenvalue weighted by molar-refractivity contribution is 4.89. The number of hydrogen-bond donors (Lipinski definition) is 1. The van der Waals surface area contributed by atoms with Crippen molar-refractivity contribution in [2.75, 3.05) is 6.54 Å². The minimum Gasteiger partial charge on any atom is -0.314 e. The lowest BCUT2D eigenvalue weighted by Crippen LogP contribution is -2.43. The van der Waals surface area contributed by atoms with Crippen LogP contribution in [0.15, 0.2) is 0 Å². The predicted octanol–water partition coefficient (Wildman–Crippen LogP) is 5.64. The van der Waals surface area contributed by atoms with Crippen molar-refractivity contribution in [3.8, 4) is 0 Å². The van der Waals surface area contributed by atoms with E-state index in [4.69, 9.17) is 0 Å². The van der Waals surface area contributed by atoms with E-state index in [1.54, 1.807) is 0 Å². The van der Waals surface area contributed by atoms with Crippen molar-refractivity contribution in [1.82, 2.24) is 5.32 Å². The quantitative estimate of drug-likeness (QED) is 0.636. The van der Waals surface area contributed by atoms with Crippen molar-refractivity contribution in [2.45, 2.75) is 92.5 Å². The summed E-state index contributed by atoms with van der Waals surface area (Å²) < 4.78 is 0. The molecule has 0 spiro atoms. The van der Waals surface area contributed by atoms with Crippen LogP contribution >= 0.6 is 0 Å². The average molecular weight is 282 g/mol. The van der Waals surface area contributed by atoms with E-state index < -0.39 is 0 Å². The highest BCUT2D eigenvalue weighted by Crippen LogP contribution is 2.42. The van der Waals surface area contributed by atoms with E-state index in [9.17, 15) is 0 Å². The summed E-state index contributed by atoms with van der Waals surface area (Å²) in [5.74, 6) is 2.70. The molecule has 0 radical (unpaired) electrons. The van der Waals surface area contributed by atoms with Crippen molar-refractivity contribution in [3.63, 3.8) is 0 Å². The second-order valence-electron chi connectivity index (χ2n) is 8.52. The fraction of sp³-hybridized carbons (Fsp3) is 1.00. The van der Waals surface area contributed by atoms with Gasteiger partial charge in [-0.25, -0.2) is 0 Å². The molecule has 0 aliphatic heterocycles. The Bertz CT molecular complexity index is 251. The van der Waals surface area contributed by atoms with Crippen LogP contribution < -0.4 is 5.32 Å². The molecule has 20 heavy (non-hydrogen) atoms. The first kappa shape index (κ1) is 18.0.